The minimum atomic E-state index is -0.431. The summed E-state index contributed by atoms with van der Waals surface area (Å²) < 4.78 is 10.7. The van der Waals surface area contributed by atoms with E-state index in [1.165, 1.54) is 0 Å². The number of hydrazine groups is 1. The van der Waals surface area contributed by atoms with E-state index in [-0.39, 0.29) is 18.4 Å². The van der Waals surface area contributed by atoms with Gasteiger partial charge in [0, 0.05) is 0 Å². The predicted molar refractivity (Wildman–Crippen MR) is 94.5 cm³/mol. The Balaban J connectivity index is 1.92. The number of carbonyl (C=O) groups is 2. The first-order valence-electron chi connectivity index (χ1n) is 7.97. The van der Waals surface area contributed by atoms with Crippen LogP contribution in [0.1, 0.15) is 29.8 Å². The Morgan fingerprint density at radius 2 is 1.68 bits per heavy atom. The van der Waals surface area contributed by atoms with Gasteiger partial charge in [-0.05, 0) is 43.7 Å². The van der Waals surface area contributed by atoms with Gasteiger partial charge >= 0.3 is 0 Å². The molecule has 6 nitrogen and oxygen atoms in total. The Labute approximate surface area is 147 Å². The smallest absolute Gasteiger partial charge is 0.273 e. The van der Waals surface area contributed by atoms with Gasteiger partial charge < -0.3 is 9.47 Å². The Bertz CT molecular complexity index is 726. The molecule has 0 aromatic heterocycles. The molecule has 0 bridgehead atoms. The van der Waals surface area contributed by atoms with Crippen molar-refractivity contribution >= 4 is 11.8 Å². The molecule has 0 heterocycles. The van der Waals surface area contributed by atoms with Gasteiger partial charge in [-0.3, -0.25) is 20.4 Å². The fraction of sp³-hybridized carbons (Fsp3) is 0.263. The molecule has 0 saturated heterocycles. The van der Waals surface area contributed by atoms with Crippen LogP contribution in [-0.4, -0.2) is 25.0 Å². The standard InChI is InChI=1S/C19H22N2O4/c1-13(2)25-17-7-5-4-6-16(17)19(23)21-20-18(22)12-14-8-10-15(24-3)11-9-14/h4-11,13H,12H2,1-3H3,(H,20,22)(H,21,23). The number of nitrogens with one attached hydrogen (secondary N) is 2. The molecule has 132 valence electrons. The van der Waals surface area contributed by atoms with Gasteiger partial charge in [0.25, 0.3) is 5.91 Å². The first-order chi connectivity index (χ1) is 12.0. The summed E-state index contributed by atoms with van der Waals surface area (Å²) in [5, 5.41) is 0. The second-order valence-corrected chi connectivity index (χ2v) is 5.69. The van der Waals surface area contributed by atoms with Crippen molar-refractivity contribution in [2.75, 3.05) is 7.11 Å². The van der Waals surface area contributed by atoms with E-state index >= 15 is 0 Å². The van der Waals surface area contributed by atoms with Crippen LogP contribution < -0.4 is 20.3 Å². The molecule has 0 unspecified atom stereocenters. The van der Waals surface area contributed by atoms with E-state index < -0.39 is 5.91 Å². The molecule has 0 saturated carbocycles. The zero-order chi connectivity index (χ0) is 18.2. The van der Waals surface area contributed by atoms with Crippen LogP contribution in [0.15, 0.2) is 48.5 Å². The molecule has 0 spiro atoms. The van der Waals surface area contributed by atoms with E-state index in [4.69, 9.17) is 9.47 Å². The molecule has 0 fully saturated rings. The molecule has 0 aliphatic rings. The van der Waals surface area contributed by atoms with Crippen LogP contribution in [0, 0.1) is 0 Å². The summed E-state index contributed by atoms with van der Waals surface area (Å²) >= 11 is 0. The Hall–Kier alpha value is -3.02. The lowest BCUT2D eigenvalue weighted by molar-refractivity contribution is -0.121. The fourth-order valence-corrected chi connectivity index (χ4v) is 2.18. The molecule has 6 heteroatoms. The predicted octanol–water partition coefficient (Wildman–Crippen LogP) is 2.49. The molecular formula is C19H22N2O4. The van der Waals surface area contributed by atoms with E-state index in [9.17, 15) is 9.59 Å². The van der Waals surface area contributed by atoms with Gasteiger partial charge in [0.05, 0.1) is 25.2 Å². The lowest BCUT2D eigenvalue weighted by atomic mass is 10.1. The number of hydrogen-bond donors (Lipinski definition) is 2. The monoisotopic (exact) mass is 342 g/mol. The van der Waals surface area contributed by atoms with E-state index in [1.54, 1.807) is 55.6 Å². The average Bonchev–Trinajstić information content (AvgIpc) is 2.60. The largest absolute Gasteiger partial charge is 0.497 e. The summed E-state index contributed by atoms with van der Waals surface area (Å²) in [5.41, 5.74) is 6.00. The second-order valence-electron chi connectivity index (χ2n) is 5.69. The fourth-order valence-electron chi connectivity index (χ4n) is 2.18. The van der Waals surface area contributed by atoms with Crippen LogP contribution in [-0.2, 0) is 11.2 Å². The van der Waals surface area contributed by atoms with Gasteiger partial charge in [-0.25, -0.2) is 0 Å². The molecule has 2 aromatic rings. The topological polar surface area (TPSA) is 76.7 Å². The molecule has 0 aliphatic carbocycles. The number of carbonyl (C=O) groups excluding carboxylic acids is 2. The van der Waals surface area contributed by atoms with E-state index in [0.29, 0.717) is 11.3 Å². The quantitative estimate of drug-likeness (QED) is 0.791. The maximum Gasteiger partial charge on any atom is 0.273 e. The lowest BCUT2D eigenvalue weighted by Gasteiger charge is -2.14. The molecule has 0 aliphatic heterocycles. The number of methoxy groups -OCH3 is 1. The van der Waals surface area contributed by atoms with Crippen LogP contribution >= 0.6 is 0 Å². The number of amides is 2. The van der Waals surface area contributed by atoms with E-state index in [2.05, 4.69) is 10.9 Å². The van der Waals surface area contributed by atoms with Gasteiger partial charge in [0.2, 0.25) is 5.91 Å². The number of rotatable bonds is 6. The minimum Gasteiger partial charge on any atom is -0.497 e. The summed E-state index contributed by atoms with van der Waals surface area (Å²) in [7, 11) is 1.58. The summed E-state index contributed by atoms with van der Waals surface area (Å²) in [6.07, 6.45) is 0.0904. The molecule has 2 N–H and O–H groups in total. The normalized spacial score (nSPS) is 10.2. The first-order valence-corrected chi connectivity index (χ1v) is 7.97. The number of benzene rings is 2. The summed E-state index contributed by atoms with van der Waals surface area (Å²) in [5.74, 6) is 0.443. The van der Waals surface area contributed by atoms with Crippen LogP contribution in [0.2, 0.25) is 0 Å². The zero-order valence-corrected chi connectivity index (χ0v) is 14.5. The Morgan fingerprint density at radius 3 is 2.32 bits per heavy atom. The number of para-hydroxylation sites is 1. The maximum atomic E-state index is 12.3. The SMILES string of the molecule is COc1ccc(CC(=O)NNC(=O)c2ccccc2OC(C)C)cc1. The third kappa shape index (κ3) is 5.53. The van der Waals surface area contributed by atoms with Gasteiger partial charge in [-0.1, -0.05) is 24.3 Å². The van der Waals surface area contributed by atoms with Gasteiger partial charge in [-0.2, -0.15) is 0 Å². The Kier molecular flexibility index (Phi) is 6.39. The molecule has 25 heavy (non-hydrogen) atoms. The van der Waals surface area contributed by atoms with Crippen molar-refractivity contribution < 1.29 is 19.1 Å². The highest BCUT2D eigenvalue weighted by molar-refractivity contribution is 5.97. The van der Waals surface area contributed by atoms with Gasteiger partial charge in [0.1, 0.15) is 11.5 Å². The summed E-state index contributed by atoms with van der Waals surface area (Å²) in [6.45, 7) is 3.76. The highest BCUT2D eigenvalue weighted by atomic mass is 16.5. The summed E-state index contributed by atoms with van der Waals surface area (Å²) in [6, 6.07) is 14.0. The molecule has 2 aromatic carbocycles. The van der Waals surface area contributed by atoms with Crippen LogP contribution in [0.4, 0.5) is 0 Å². The van der Waals surface area contributed by atoms with Crippen LogP contribution in [0.25, 0.3) is 0 Å². The number of hydrogen-bond acceptors (Lipinski definition) is 4. The average molecular weight is 342 g/mol. The molecule has 0 atom stereocenters. The molecule has 0 radical (unpaired) electrons. The molecule has 2 amide bonds. The first kappa shape index (κ1) is 18.3. The van der Waals surface area contributed by atoms with Crippen LogP contribution in [0.3, 0.4) is 0 Å². The van der Waals surface area contributed by atoms with Crippen molar-refractivity contribution in [1.82, 2.24) is 10.9 Å². The van der Waals surface area contributed by atoms with Crippen molar-refractivity contribution in [2.45, 2.75) is 26.4 Å². The second kappa shape index (κ2) is 8.73. The highest BCUT2D eigenvalue weighted by Crippen LogP contribution is 2.19. The molecule has 2 rings (SSSR count). The van der Waals surface area contributed by atoms with E-state index in [0.717, 1.165) is 11.3 Å². The highest BCUT2D eigenvalue weighted by Gasteiger charge is 2.14. The lowest BCUT2D eigenvalue weighted by Crippen LogP contribution is -2.42. The van der Waals surface area contributed by atoms with Crippen molar-refractivity contribution in [2.24, 2.45) is 0 Å². The van der Waals surface area contributed by atoms with Crippen molar-refractivity contribution in [3.8, 4) is 11.5 Å². The third-order valence-corrected chi connectivity index (χ3v) is 3.33. The van der Waals surface area contributed by atoms with Gasteiger partial charge in [0.15, 0.2) is 0 Å². The van der Waals surface area contributed by atoms with Gasteiger partial charge in [-0.15, -0.1) is 0 Å². The number of ether oxygens (including phenoxy) is 2. The van der Waals surface area contributed by atoms with Crippen LogP contribution in [0.5, 0.6) is 11.5 Å². The van der Waals surface area contributed by atoms with Crippen molar-refractivity contribution in [3.63, 3.8) is 0 Å². The van der Waals surface area contributed by atoms with Crippen molar-refractivity contribution in [3.05, 3.63) is 59.7 Å². The third-order valence-electron chi connectivity index (χ3n) is 3.33. The van der Waals surface area contributed by atoms with E-state index in [1.807, 2.05) is 13.8 Å². The maximum absolute atomic E-state index is 12.3. The summed E-state index contributed by atoms with van der Waals surface area (Å²) in [4.78, 5) is 24.2. The molecular weight excluding hydrogens is 320 g/mol. The minimum absolute atomic E-state index is 0.0568. The van der Waals surface area contributed by atoms with Crippen molar-refractivity contribution in [1.29, 1.82) is 0 Å². The zero-order valence-electron chi connectivity index (χ0n) is 14.5. The Morgan fingerprint density at radius 1 is 1.00 bits per heavy atom.